The molecule has 1 heterocycles. The predicted octanol–water partition coefficient (Wildman–Crippen LogP) is 4.84. The Balaban J connectivity index is 1.33. The highest BCUT2D eigenvalue weighted by molar-refractivity contribution is 5.96. The fourth-order valence-corrected chi connectivity index (χ4v) is 3.82. The molecule has 0 aliphatic carbocycles. The largest absolute Gasteiger partial charge is 0.459 e. The van der Waals surface area contributed by atoms with Gasteiger partial charge in [0.25, 0.3) is 5.91 Å². The fraction of sp³-hybridized carbons (Fsp3) is 0.312. The summed E-state index contributed by atoms with van der Waals surface area (Å²) in [5.41, 5.74) is 2.28. The molecule has 1 aromatic heterocycles. The molecule has 0 aliphatic rings. The third kappa shape index (κ3) is 8.09. The normalized spacial score (nSPS) is 12.0. The van der Waals surface area contributed by atoms with Gasteiger partial charge in [-0.2, -0.15) is 4.80 Å². The molecule has 42 heavy (non-hydrogen) atoms. The lowest BCUT2D eigenvalue weighted by Crippen LogP contribution is -2.45. The molecule has 0 aliphatic heterocycles. The van der Waals surface area contributed by atoms with Gasteiger partial charge in [0.05, 0.1) is 12.0 Å². The van der Waals surface area contributed by atoms with Gasteiger partial charge in [-0.25, -0.2) is 4.79 Å². The molecule has 10 heteroatoms. The second-order valence-corrected chi connectivity index (χ2v) is 11.3. The van der Waals surface area contributed by atoms with Gasteiger partial charge in [-0.3, -0.25) is 9.59 Å². The van der Waals surface area contributed by atoms with Crippen LogP contribution in [-0.4, -0.2) is 44.1 Å². The van der Waals surface area contributed by atoms with Crippen LogP contribution in [0.1, 0.15) is 56.1 Å². The van der Waals surface area contributed by atoms with Crippen LogP contribution in [0.25, 0.3) is 11.4 Å². The van der Waals surface area contributed by atoms with Crippen LogP contribution in [0.2, 0.25) is 0 Å². The molecule has 0 radical (unpaired) electrons. The highest BCUT2D eigenvalue weighted by Gasteiger charge is 2.26. The average Bonchev–Trinajstić information content (AvgIpc) is 3.43. The summed E-state index contributed by atoms with van der Waals surface area (Å²) in [6, 6.07) is 22.5. The van der Waals surface area contributed by atoms with Gasteiger partial charge >= 0.3 is 11.9 Å². The van der Waals surface area contributed by atoms with E-state index in [0.29, 0.717) is 23.7 Å². The minimum absolute atomic E-state index is 0.143. The molecule has 1 N–H and O–H groups in total. The van der Waals surface area contributed by atoms with Gasteiger partial charge in [-0.1, -0.05) is 56.3 Å². The number of carbonyl (C=O) groups excluding carboxylic acids is 3. The van der Waals surface area contributed by atoms with Gasteiger partial charge in [-0.05, 0) is 79.4 Å². The Hall–Kier alpha value is -4.86. The summed E-state index contributed by atoms with van der Waals surface area (Å²) in [6.45, 7) is 9.58. The van der Waals surface area contributed by atoms with E-state index in [2.05, 4.69) is 20.7 Å². The van der Waals surface area contributed by atoms with Crippen molar-refractivity contribution in [2.75, 3.05) is 0 Å². The zero-order valence-electron chi connectivity index (χ0n) is 24.4. The standard InChI is InChI=1S/C32H35N5O5/c1-21(2)27(30(39)41-20-23-9-7-6-8-10-23)33-29(38)25-13-11-22(12-14-25)19-37-35-28(34-36-37)24-15-17-26(18-16-24)42-31(40)32(3,4)5/h6-18,21,27H,19-20H2,1-5H3,(H,33,38)/t27-/m0/s1. The third-order valence-electron chi connectivity index (χ3n) is 6.36. The first-order chi connectivity index (χ1) is 20.0. The van der Waals surface area contributed by atoms with E-state index in [0.717, 1.165) is 16.7 Å². The van der Waals surface area contributed by atoms with E-state index in [1.165, 1.54) is 4.80 Å². The van der Waals surface area contributed by atoms with Crippen LogP contribution in [0, 0.1) is 11.3 Å². The Morgan fingerprint density at radius 3 is 2.17 bits per heavy atom. The monoisotopic (exact) mass is 569 g/mol. The Kier molecular flexibility index (Phi) is 9.46. The van der Waals surface area contributed by atoms with Gasteiger partial charge in [0.15, 0.2) is 0 Å². The van der Waals surface area contributed by atoms with E-state index >= 15 is 0 Å². The first-order valence-electron chi connectivity index (χ1n) is 13.7. The lowest BCUT2D eigenvalue weighted by atomic mass is 9.97. The molecule has 1 amide bonds. The summed E-state index contributed by atoms with van der Waals surface area (Å²) in [6.07, 6.45) is 0. The van der Waals surface area contributed by atoms with E-state index in [9.17, 15) is 14.4 Å². The molecular weight excluding hydrogens is 534 g/mol. The number of carbonyl (C=O) groups is 3. The maximum absolute atomic E-state index is 12.9. The van der Waals surface area contributed by atoms with Crippen LogP contribution in [0.5, 0.6) is 5.75 Å². The highest BCUT2D eigenvalue weighted by atomic mass is 16.5. The SMILES string of the molecule is CC(C)[C@H](NC(=O)c1ccc(Cn2nnc(-c3ccc(OC(=O)C(C)(C)C)cc3)n2)cc1)C(=O)OCc1ccccc1. The first kappa shape index (κ1) is 30.1. The second kappa shape index (κ2) is 13.2. The number of amides is 1. The number of benzene rings is 3. The Morgan fingerprint density at radius 1 is 0.881 bits per heavy atom. The Labute approximate surface area is 245 Å². The van der Waals surface area contributed by atoms with Crippen LogP contribution in [0.15, 0.2) is 78.9 Å². The van der Waals surface area contributed by atoms with Crippen LogP contribution < -0.4 is 10.1 Å². The van der Waals surface area contributed by atoms with Crippen molar-refractivity contribution >= 4 is 17.8 Å². The number of nitrogens with one attached hydrogen (secondary N) is 1. The predicted molar refractivity (Wildman–Crippen MR) is 156 cm³/mol. The maximum atomic E-state index is 12.9. The molecule has 0 unspecified atom stereocenters. The average molecular weight is 570 g/mol. The lowest BCUT2D eigenvalue weighted by molar-refractivity contribution is -0.148. The molecule has 0 saturated carbocycles. The number of hydrogen-bond acceptors (Lipinski definition) is 8. The maximum Gasteiger partial charge on any atom is 0.329 e. The number of aromatic nitrogens is 4. The minimum atomic E-state index is -0.779. The number of hydrogen-bond donors (Lipinski definition) is 1. The van der Waals surface area contributed by atoms with Crippen molar-refractivity contribution in [2.45, 2.75) is 53.8 Å². The molecule has 4 aromatic rings. The molecule has 4 rings (SSSR count). The summed E-state index contributed by atoms with van der Waals surface area (Å²) in [5, 5.41) is 15.5. The van der Waals surface area contributed by atoms with Gasteiger partial charge in [0, 0.05) is 11.1 Å². The third-order valence-corrected chi connectivity index (χ3v) is 6.36. The molecule has 1 atom stereocenters. The van der Waals surface area contributed by atoms with Crippen molar-refractivity contribution < 1.29 is 23.9 Å². The van der Waals surface area contributed by atoms with E-state index in [1.54, 1.807) is 69.3 Å². The summed E-state index contributed by atoms with van der Waals surface area (Å²) in [5.74, 6) is -0.442. The molecular formula is C32H35N5O5. The van der Waals surface area contributed by atoms with Crippen LogP contribution >= 0.6 is 0 Å². The van der Waals surface area contributed by atoms with Crippen LogP contribution in [-0.2, 0) is 27.5 Å². The Morgan fingerprint density at radius 2 is 1.55 bits per heavy atom. The summed E-state index contributed by atoms with van der Waals surface area (Å²) < 4.78 is 10.8. The number of rotatable bonds is 10. The molecule has 0 saturated heterocycles. The van der Waals surface area contributed by atoms with Gasteiger partial charge in [-0.15, -0.1) is 10.2 Å². The van der Waals surface area contributed by atoms with E-state index in [-0.39, 0.29) is 24.4 Å². The fourth-order valence-electron chi connectivity index (χ4n) is 3.82. The first-order valence-corrected chi connectivity index (χ1v) is 13.7. The second-order valence-electron chi connectivity index (χ2n) is 11.3. The van der Waals surface area contributed by atoms with E-state index in [4.69, 9.17) is 9.47 Å². The minimum Gasteiger partial charge on any atom is -0.459 e. The van der Waals surface area contributed by atoms with E-state index in [1.807, 2.05) is 44.2 Å². The van der Waals surface area contributed by atoms with Gasteiger partial charge < -0.3 is 14.8 Å². The van der Waals surface area contributed by atoms with Crippen molar-refractivity contribution in [3.63, 3.8) is 0 Å². The smallest absolute Gasteiger partial charge is 0.329 e. The lowest BCUT2D eigenvalue weighted by Gasteiger charge is -2.21. The van der Waals surface area contributed by atoms with Crippen molar-refractivity contribution in [2.24, 2.45) is 11.3 Å². The van der Waals surface area contributed by atoms with Gasteiger partial charge in [0.2, 0.25) is 5.82 Å². The van der Waals surface area contributed by atoms with Crippen molar-refractivity contribution in [3.05, 3.63) is 95.6 Å². The number of ether oxygens (including phenoxy) is 2. The quantitative estimate of drug-likeness (QED) is 0.213. The molecule has 0 fully saturated rings. The summed E-state index contributed by atoms with van der Waals surface area (Å²) in [7, 11) is 0. The van der Waals surface area contributed by atoms with E-state index < -0.39 is 17.4 Å². The molecule has 0 spiro atoms. The number of esters is 2. The van der Waals surface area contributed by atoms with Crippen molar-refractivity contribution in [1.82, 2.24) is 25.5 Å². The zero-order chi connectivity index (χ0) is 30.3. The van der Waals surface area contributed by atoms with Crippen LogP contribution in [0.3, 0.4) is 0 Å². The number of tetrazole rings is 1. The zero-order valence-corrected chi connectivity index (χ0v) is 24.4. The summed E-state index contributed by atoms with van der Waals surface area (Å²) in [4.78, 5) is 39.2. The van der Waals surface area contributed by atoms with Crippen molar-refractivity contribution in [1.29, 1.82) is 0 Å². The molecule has 3 aromatic carbocycles. The summed E-state index contributed by atoms with van der Waals surface area (Å²) >= 11 is 0. The van der Waals surface area contributed by atoms with Crippen LogP contribution in [0.4, 0.5) is 0 Å². The topological polar surface area (TPSA) is 125 Å². The molecule has 0 bridgehead atoms. The van der Waals surface area contributed by atoms with Crippen molar-refractivity contribution in [3.8, 4) is 17.1 Å². The molecule has 10 nitrogen and oxygen atoms in total. The Bertz CT molecular complexity index is 1510. The molecule has 218 valence electrons. The highest BCUT2D eigenvalue weighted by Crippen LogP contribution is 2.22. The number of nitrogens with zero attached hydrogens (tertiary/aromatic N) is 4. The van der Waals surface area contributed by atoms with Gasteiger partial charge in [0.1, 0.15) is 18.4 Å².